The van der Waals surface area contributed by atoms with Gasteiger partial charge in [-0.2, -0.15) is 5.10 Å². The lowest BCUT2D eigenvalue weighted by Gasteiger charge is -2.08. The van der Waals surface area contributed by atoms with Crippen molar-refractivity contribution in [3.8, 4) is 5.75 Å². The van der Waals surface area contributed by atoms with Gasteiger partial charge in [-0.05, 0) is 37.1 Å². The van der Waals surface area contributed by atoms with Crippen LogP contribution in [-0.4, -0.2) is 27.8 Å². The van der Waals surface area contributed by atoms with Crippen LogP contribution in [0.2, 0.25) is 0 Å². The molecule has 0 aliphatic rings. The van der Waals surface area contributed by atoms with Crippen LogP contribution in [-0.2, 0) is 18.3 Å². The number of carbonyl (C=O) groups is 1. The summed E-state index contributed by atoms with van der Waals surface area (Å²) in [4.78, 5) is 16.7. The molecule has 0 bridgehead atoms. The lowest BCUT2D eigenvalue weighted by atomic mass is 10.1. The van der Waals surface area contributed by atoms with E-state index in [1.165, 1.54) is 0 Å². The molecule has 0 atom stereocenters. The highest BCUT2D eigenvalue weighted by molar-refractivity contribution is 5.94. The minimum absolute atomic E-state index is 0.0939. The predicted molar refractivity (Wildman–Crippen MR) is 93.3 cm³/mol. The third-order valence-electron chi connectivity index (χ3n) is 3.98. The van der Waals surface area contributed by atoms with Crippen LogP contribution in [0.4, 0.5) is 5.69 Å². The molecule has 0 saturated carbocycles. The molecule has 1 N–H and O–H groups in total. The molecule has 0 unspecified atom stereocenters. The number of hydrogen-bond acceptors (Lipinski definition) is 4. The molecule has 0 saturated heterocycles. The topological polar surface area (TPSA) is 69.0 Å². The molecule has 0 fully saturated rings. The highest BCUT2D eigenvalue weighted by atomic mass is 16.5. The van der Waals surface area contributed by atoms with E-state index in [4.69, 9.17) is 4.74 Å². The molecular formula is C18H20N4O2. The maximum atomic E-state index is 12.3. The third-order valence-corrected chi connectivity index (χ3v) is 3.98. The normalized spacial score (nSPS) is 10.8. The van der Waals surface area contributed by atoms with Crippen LogP contribution in [0, 0.1) is 13.8 Å². The zero-order valence-corrected chi connectivity index (χ0v) is 14.3. The number of rotatable bonds is 4. The number of aromatic nitrogens is 3. The molecule has 3 rings (SSSR count). The maximum absolute atomic E-state index is 12.3. The Morgan fingerprint density at radius 2 is 2.08 bits per heavy atom. The molecule has 6 nitrogen and oxygen atoms in total. The summed E-state index contributed by atoms with van der Waals surface area (Å²) in [6.45, 7) is 3.90. The number of benzene rings is 1. The second-order valence-electron chi connectivity index (χ2n) is 5.83. The average Bonchev–Trinajstić information content (AvgIpc) is 2.83. The Bertz CT molecular complexity index is 915. The van der Waals surface area contributed by atoms with Crippen LogP contribution >= 0.6 is 0 Å². The second-order valence-corrected chi connectivity index (χ2v) is 5.83. The fourth-order valence-electron chi connectivity index (χ4n) is 2.74. The SMILES string of the molecule is COc1cc(CC(=O)Nc2cnc3c(c2)c(C)nn3C)ccc1C. The molecule has 6 heteroatoms. The van der Waals surface area contributed by atoms with Crippen molar-refractivity contribution < 1.29 is 9.53 Å². The molecule has 1 amide bonds. The molecule has 2 aromatic heterocycles. The van der Waals surface area contributed by atoms with Crippen LogP contribution < -0.4 is 10.1 Å². The number of fused-ring (bicyclic) bond motifs is 1. The van der Waals surface area contributed by atoms with E-state index in [1.54, 1.807) is 18.0 Å². The first-order valence-corrected chi connectivity index (χ1v) is 7.70. The molecule has 3 aromatic rings. The van der Waals surface area contributed by atoms with E-state index in [0.29, 0.717) is 5.69 Å². The molecule has 0 radical (unpaired) electrons. The fraction of sp³-hybridized carbons (Fsp3) is 0.278. The number of amides is 1. The summed E-state index contributed by atoms with van der Waals surface area (Å²) < 4.78 is 7.03. The van der Waals surface area contributed by atoms with Crippen LogP contribution in [0.1, 0.15) is 16.8 Å². The number of carbonyl (C=O) groups excluding carboxylic acids is 1. The number of methoxy groups -OCH3 is 1. The van der Waals surface area contributed by atoms with Crippen molar-refractivity contribution in [2.24, 2.45) is 7.05 Å². The summed E-state index contributed by atoms with van der Waals surface area (Å²) in [5, 5.41) is 8.16. The maximum Gasteiger partial charge on any atom is 0.228 e. The molecular weight excluding hydrogens is 304 g/mol. The monoisotopic (exact) mass is 324 g/mol. The van der Waals surface area contributed by atoms with Gasteiger partial charge in [-0.15, -0.1) is 0 Å². The Balaban J connectivity index is 1.76. The molecule has 0 aliphatic heterocycles. The Morgan fingerprint density at radius 1 is 1.29 bits per heavy atom. The van der Waals surface area contributed by atoms with E-state index < -0.39 is 0 Å². The largest absolute Gasteiger partial charge is 0.496 e. The minimum Gasteiger partial charge on any atom is -0.496 e. The summed E-state index contributed by atoms with van der Waals surface area (Å²) >= 11 is 0. The molecule has 0 spiro atoms. The number of nitrogens with one attached hydrogen (secondary N) is 1. The van der Waals surface area contributed by atoms with Crippen LogP contribution in [0.15, 0.2) is 30.5 Å². The van der Waals surface area contributed by atoms with Gasteiger partial charge in [0.25, 0.3) is 0 Å². The fourth-order valence-corrected chi connectivity index (χ4v) is 2.74. The van der Waals surface area contributed by atoms with Crippen molar-refractivity contribution in [2.45, 2.75) is 20.3 Å². The van der Waals surface area contributed by atoms with Gasteiger partial charge in [0.15, 0.2) is 5.65 Å². The lowest BCUT2D eigenvalue weighted by molar-refractivity contribution is -0.115. The van der Waals surface area contributed by atoms with Crippen molar-refractivity contribution >= 4 is 22.6 Å². The molecule has 124 valence electrons. The summed E-state index contributed by atoms with van der Waals surface area (Å²) in [6, 6.07) is 7.68. The van der Waals surface area contributed by atoms with Gasteiger partial charge in [-0.25, -0.2) is 4.98 Å². The molecule has 0 aliphatic carbocycles. The van der Waals surface area contributed by atoms with Crippen LogP contribution in [0.5, 0.6) is 5.75 Å². The highest BCUT2D eigenvalue weighted by Gasteiger charge is 2.10. The zero-order chi connectivity index (χ0) is 17.3. The van der Waals surface area contributed by atoms with Crippen molar-refractivity contribution in [1.29, 1.82) is 0 Å². The van der Waals surface area contributed by atoms with Gasteiger partial charge >= 0.3 is 0 Å². The molecule has 24 heavy (non-hydrogen) atoms. The summed E-state index contributed by atoms with van der Waals surface area (Å²) in [7, 11) is 3.48. The lowest BCUT2D eigenvalue weighted by Crippen LogP contribution is -2.14. The number of hydrogen-bond donors (Lipinski definition) is 1. The van der Waals surface area contributed by atoms with Crippen LogP contribution in [0.3, 0.4) is 0 Å². The highest BCUT2D eigenvalue weighted by Crippen LogP contribution is 2.21. The number of pyridine rings is 1. The number of ether oxygens (including phenoxy) is 1. The summed E-state index contributed by atoms with van der Waals surface area (Å²) in [5.41, 5.74) is 4.31. The van der Waals surface area contributed by atoms with Gasteiger partial charge in [0, 0.05) is 12.4 Å². The quantitative estimate of drug-likeness (QED) is 0.801. The van der Waals surface area contributed by atoms with Crippen molar-refractivity contribution in [1.82, 2.24) is 14.8 Å². The molecule has 1 aromatic carbocycles. The Kier molecular flexibility index (Phi) is 4.20. The Hall–Kier alpha value is -2.89. The number of nitrogens with zero attached hydrogens (tertiary/aromatic N) is 3. The van der Waals surface area contributed by atoms with E-state index in [1.807, 2.05) is 45.2 Å². The number of anilines is 1. The Morgan fingerprint density at radius 3 is 2.83 bits per heavy atom. The zero-order valence-electron chi connectivity index (χ0n) is 14.3. The van der Waals surface area contributed by atoms with Gasteiger partial charge in [0.2, 0.25) is 5.91 Å². The summed E-state index contributed by atoms with van der Waals surface area (Å²) in [5.74, 6) is 0.693. The van der Waals surface area contributed by atoms with Crippen molar-refractivity contribution in [3.63, 3.8) is 0 Å². The smallest absolute Gasteiger partial charge is 0.228 e. The first-order chi connectivity index (χ1) is 11.5. The van der Waals surface area contributed by atoms with E-state index >= 15 is 0 Å². The molecule has 2 heterocycles. The Labute approximate surface area is 140 Å². The van der Waals surface area contributed by atoms with Crippen molar-refractivity contribution in [2.75, 3.05) is 12.4 Å². The predicted octanol–water partition coefficient (Wildman–Crippen LogP) is 2.77. The van der Waals surface area contributed by atoms with Gasteiger partial charge in [0.05, 0.1) is 31.1 Å². The second kappa shape index (κ2) is 6.31. The van der Waals surface area contributed by atoms with E-state index in [9.17, 15) is 4.79 Å². The summed E-state index contributed by atoms with van der Waals surface area (Å²) in [6.07, 6.45) is 1.93. The van der Waals surface area contributed by atoms with Crippen LogP contribution in [0.25, 0.3) is 11.0 Å². The van der Waals surface area contributed by atoms with Gasteiger partial charge < -0.3 is 10.1 Å². The average molecular weight is 324 g/mol. The van der Waals surface area contributed by atoms with E-state index in [2.05, 4.69) is 15.4 Å². The first-order valence-electron chi connectivity index (χ1n) is 7.70. The minimum atomic E-state index is -0.0939. The van der Waals surface area contributed by atoms with E-state index in [-0.39, 0.29) is 12.3 Å². The van der Waals surface area contributed by atoms with Gasteiger partial charge in [-0.3, -0.25) is 9.48 Å². The number of aryl methyl sites for hydroxylation is 3. The van der Waals surface area contributed by atoms with Crippen molar-refractivity contribution in [3.05, 3.63) is 47.3 Å². The first kappa shape index (κ1) is 16.0. The standard InChI is InChI=1S/C18H20N4O2/c1-11-5-6-13(7-16(11)24-4)8-17(23)20-14-9-15-12(2)21-22(3)18(15)19-10-14/h5-7,9-10H,8H2,1-4H3,(H,20,23). The van der Waals surface area contributed by atoms with Gasteiger partial charge in [0.1, 0.15) is 5.75 Å². The third kappa shape index (κ3) is 3.08. The van der Waals surface area contributed by atoms with E-state index in [0.717, 1.165) is 33.6 Å². The van der Waals surface area contributed by atoms with Gasteiger partial charge in [-0.1, -0.05) is 12.1 Å².